The van der Waals surface area contributed by atoms with Crippen LogP contribution in [0.3, 0.4) is 0 Å². The lowest BCUT2D eigenvalue weighted by molar-refractivity contribution is 0.0927. The summed E-state index contributed by atoms with van der Waals surface area (Å²) in [5.74, 6) is -0.00658. The van der Waals surface area contributed by atoms with Crippen LogP contribution in [0.1, 0.15) is 61.9 Å². The Hall–Kier alpha value is -2.54. The molecule has 0 spiro atoms. The molecule has 0 aliphatic heterocycles. The summed E-state index contributed by atoms with van der Waals surface area (Å²) in [6.45, 7) is 3.89. The van der Waals surface area contributed by atoms with Gasteiger partial charge >= 0.3 is 0 Å². The third-order valence-electron chi connectivity index (χ3n) is 5.42. The molecule has 0 heterocycles. The quantitative estimate of drug-likeness (QED) is 0.576. The van der Waals surface area contributed by atoms with Crippen molar-refractivity contribution in [3.8, 4) is 0 Å². The van der Waals surface area contributed by atoms with E-state index in [1.165, 1.54) is 19.3 Å². The first kappa shape index (κ1) is 22.2. The van der Waals surface area contributed by atoms with Crippen molar-refractivity contribution in [2.24, 2.45) is 0 Å². The molecule has 0 bridgehead atoms. The number of amides is 1. The van der Waals surface area contributed by atoms with Gasteiger partial charge in [0.25, 0.3) is 5.91 Å². The standard InChI is InChI=1S/C23H31N3O3S/c1-17(2)30(28,29)26-22-12-8-18(9-13-22)16-24-20-14-10-19(11-15-20)23(27)25-21-6-4-3-5-7-21/h8-15,17,21,24,26H,3-7,16H2,1-2H3,(H,25,27). The molecule has 0 radical (unpaired) electrons. The van der Waals surface area contributed by atoms with Crippen LogP contribution in [-0.4, -0.2) is 25.6 Å². The van der Waals surface area contributed by atoms with Gasteiger partial charge in [-0.25, -0.2) is 8.42 Å². The average Bonchev–Trinajstić information content (AvgIpc) is 2.74. The summed E-state index contributed by atoms with van der Waals surface area (Å²) in [7, 11) is -3.34. The molecule has 1 saturated carbocycles. The van der Waals surface area contributed by atoms with Crippen molar-refractivity contribution < 1.29 is 13.2 Å². The summed E-state index contributed by atoms with van der Waals surface area (Å²) in [5, 5.41) is 5.98. The van der Waals surface area contributed by atoms with Crippen LogP contribution in [0.25, 0.3) is 0 Å². The number of rotatable bonds is 8. The van der Waals surface area contributed by atoms with E-state index in [2.05, 4.69) is 15.4 Å². The first-order chi connectivity index (χ1) is 14.3. The zero-order chi connectivity index (χ0) is 21.6. The largest absolute Gasteiger partial charge is 0.381 e. The van der Waals surface area contributed by atoms with E-state index in [9.17, 15) is 13.2 Å². The molecule has 3 N–H and O–H groups in total. The molecule has 2 aromatic carbocycles. The Labute approximate surface area is 179 Å². The zero-order valence-electron chi connectivity index (χ0n) is 17.6. The van der Waals surface area contributed by atoms with Crippen molar-refractivity contribution >= 4 is 27.3 Å². The van der Waals surface area contributed by atoms with Crippen LogP contribution < -0.4 is 15.4 Å². The van der Waals surface area contributed by atoms with Crippen molar-refractivity contribution in [3.05, 3.63) is 59.7 Å². The number of carbonyl (C=O) groups excluding carboxylic acids is 1. The Morgan fingerprint density at radius 2 is 1.53 bits per heavy atom. The van der Waals surface area contributed by atoms with Gasteiger partial charge in [-0.2, -0.15) is 0 Å². The molecule has 0 unspecified atom stereocenters. The minimum atomic E-state index is -3.34. The Kier molecular flexibility index (Phi) is 7.37. The minimum absolute atomic E-state index is 0.00658. The van der Waals surface area contributed by atoms with E-state index in [0.29, 0.717) is 23.8 Å². The van der Waals surface area contributed by atoms with Gasteiger partial charge in [0.1, 0.15) is 0 Å². The van der Waals surface area contributed by atoms with Crippen LogP contribution in [0.5, 0.6) is 0 Å². The first-order valence-corrected chi connectivity index (χ1v) is 12.1. The molecular formula is C23H31N3O3S. The third kappa shape index (κ3) is 6.23. The summed E-state index contributed by atoms with van der Waals surface area (Å²) < 4.78 is 26.4. The molecule has 1 aliphatic carbocycles. The van der Waals surface area contributed by atoms with Crippen LogP contribution in [0.4, 0.5) is 11.4 Å². The fourth-order valence-electron chi connectivity index (χ4n) is 3.43. The number of carbonyl (C=O) groups is 1. The maximum atomic E-state index is 12.4. The van der Waals surface area contributed by atoms with Gasteiger partial charge < -0.3 is 10.6 Å². The van der Waals surface area contributed by atoms with Gasteiger partial charge in [-0.15, -0.1) is 0 Å². The second kappa shape index (κ2) is 9.98. The summed E-state index contributed by atoms with van der Waals surface area (Å²) in [5.41, 5.74) is 3.18. The molecule has 1 fully saturated rings. The molecule has 7 heteroatoms. The van der Waals surface area contributed by atoms with Crippen molar-refractivity contribution in [2.45, 2.75) is 63.8 Å². The van der Waals surface area contributed by atoms with Gasteiger partial charge in [-0.1, -0.05) is 31.4 Å². The smallest absolute Gasteiger partial charge is 0.251 e. The highest BCUT2D eigenvalue weighted by Gasteiger charge is 2.17. The van der Waals surface area contributed by atoms with Crippen molar-refractivity contribution in [2.75, 3.05) is 10.0 Å². The zero-order valence-corrected chi connectivity index (χ0v) is 18.5. The predicted molar refractivity (Wildman–Crippen MR) is 122 cm³/mol. The molecule has 1 aliphatic rings. The lowest BCUT2D eigenvalue weighted by atomic mass is 9.95. The van der Waals surface area contributed by atoms with E-state index >= 15 is 0 Å². The third-order valence-corrected chi connectivity index (χ3v) is 7.18. The van der Waals surface area contributed by atoms with E-state index in [1.54, 1.807) is 26.0 Å². The summed E-state index contributed by atoms with van der Waals surface area (Å²) in [6.07, 6.45) is 5.80. The summed E-state index contributed by atoms with van der Waals surface area (Å²) >= 11 is 0. The Bertz CT molecular complexity index is 933. The van der Waals surface area contributed by atoms with E-state index in [4.69, 9.17) is 0 Å². The first-order valence-electron chi connectivity index (χ1n) is 10.6. The fraction of sp³-hybridized carbons (Fsp3) is 0.435. The maximum absolute atomic E-state index is 12.4. The molecule has 1 amide bonds. The van der Waals surface area contributed by atoms with E-state index in [0.717, 1.165) is 24.1 Å². The van der Waals surface area contributed by atoms with Crippen LogP contribution in [0.15, 0.2) is 48.5 Å². The highest BCUT2D eigenvalue weighted by atomic mass is 32.2. The minimum Gasteiger partial charge on any atom is -0.381 e. The lowest BCUT2D eigenvalue weighted by Gasteiger charge is -2.22. The van der Waals surface area contributed by atoms with Crippen molar-refractivity contribution in [1.82, 2.24) is 5.32 Å². The lowest BCUT2D eigenvalue weighted by Crippen LogP contribution is -2.36. The molecule has 3 rings (SSSR count). The van der Waals surface area contributed by atoms with Gasteiger partial charge in [-0.05, 0) is 68.7 Å². The second-order valence-electron chi connectivity index (χ2n) is 8.13. The Morgan fingerprint density at radius 1 is 0.933 bits per heavy atom. The molecule has 0 saturated heterocycles. The number of hydrogen-bond acceptors (Lipinski definition) is 4. The number of sulfonamides is 1. The molecule has 2 aromatic rings. The van der Waals surface area contributed by atoms with Crippen LogP contribution in [-0.2, 0) is 16.6 Å². The van der Waals surface area contributed by atoms with Crippen LogP contribution in [0.2, 0.25) is 0 Å². The monoisotopic (exact) mass is 429 g/mol. The van der Waals surface area contributed by atoms with Gasteiger partial charge in [0.05, 0.1) is 5.25 Å². The SMILES string of the molecule is CC(C)S(=O)(=O)Nc1ccc(CNc2ccc(C(=O)NC3CCCCC3)cc2)cc1. The summed E-state index contributed by atoms with van der Waals surface area (Å²) in [4.78, 5) is 12.4. The van der Waals surface area contributed by atoms with Crippen LogP contribution in [0, 0.1) is 0 Å². The topological polar surface area (TPSA) is 87.3 Å². The molecule has 162 valence electrons. The highest BCUT2D eigenvalue weighted by Crippen LogP contribution is 2.19. The fourth-order valence-corrected chi connectivity index (χ4v) is 4.13. The van der Waals surface area contributed by atoms with Crippen molar-refractivity contribution in [1.29, 1.82) is 0 Å². The predicted octanol–water partition coefficient (Wildman–Crippen LogP) is 4.51. The number of nitrogens with one attached hydrogen (secondary N) is 3. The van der Waals surface area contributed by atoms with E-state index in [1.807, 2.05) is 36.4 Å². The van der Waals surface area contributed by atoms with E-state index < -0.39 is 15.3 Å². The number of benzene rings is 2. The Balaban J connectivity index is 1.50. The normalized spacial score (nSPS) is 15.0. The summed E-state index contributed by atoms with van der Waals surface area (Å²) in [6, 6.07) is 15.1. The molecule has 0 aromatic heterocycles. The van der Waals surface area contributed by atoms with Crippen molar-refractivity contribution in [3.63, 3.8) is 0 Å². The maximum Gasteiger partial charge on any atom is 0.251 e. The number of anilines is 2. The van der Waals surface area contributed by atoms with Crippen LogP contribution >= 0.6 is 0 Å². The molecule has 30 heavy (non-hydrogen) atoms. The Morgan fingerprint density at radius 3 is 2.13 bits per heavy atom. The van der Waals surface area contributed by atoms with Gasteiger partial charge in [-0.3, -0.25) is 9.52 Å². The molecule has 0 atom stereocenters. The average molecular weight is 430 g/mol. The highest BCUT2D eigenvalue weighted by molar-refractivity contribution is 7.93. The number of hydrogen-bond donors (Lipinski definition) is 3. The van der Waals surface area contributed by atoms with Gasteiger partial charge in [0, 0.05) is 29.5 Å². The van der Waals surface area contributed by atoms with Gasteiger partial charge in [0.2, 0.25) is 10.0 Å². The molecule has 6 nitrogen and oxygen atoms in total. The van der Waals surface area contributed by atoms with E-state index in [-0.39, 0.29) is 5.91 Å². The second-order valence-corrected chi connectivity index (χ2v) is 10.4. The van der Waals surface area contributed by atoms with Gasteiger partial charge in [0.15, 0.2) is 0 Å². The molecular weight excluding hydrogens is 398 g/mol.